The second-order valence-corrected chi connectivity index (χ2v) is 14.4. The van der Waals surface area contributed by atoms with E-state index in [4.69, 9.17) is 29.5 Å². The Hall–Kier alpha value is -4.82. The van der Waals surface area contributed by atoms with Crippen molar-refractivity contribution in [2.24, 2.45) is 0 Å². The van der Waals surface area contributed by atoms with Crippen LogP contribution in [0.25, 0.3) is 0 Å². The third kappa shape index (κ3) is 12.3. The van der Waals surface area contributed by atoms with Crippen molar-refractivity contribution in [2.45, 2.75) is 70.9 Å². The predicted octanol–water partition coefficient (Wildman–Crippen LogP) is 6.22. The summed E-state index contributed by atoms with van der Waals surface area (Å²) in [4.78, 5) is 34.1. The van der Waals surface area contributed by atoms with Gasteiger partial charge in [0.25, 0.3) is 0 Å². The Morgan fingerprint density at radius 2 is 1.59 bits per heavy atom. The van der Waals surface area contributed by atoms with E-state index in [1.54, 1.807) is 19.1 Å². The Balaban J connectivity index is 1.08. The fraction of sp³-hybridized carbons (Fsp3) is 0.409. The summed E-state index contributed by atoms with van der Waals surface area (Å²) in [6.45, 7) is 7.09. The van der Waals surface area contributed by atoms with Gasteiger partial charge in [-0.3, -0.25) is 20.0 Å². The highest BCUT2D eigenvalue weighted by Gasteiger charge is 2.33. The van der Waals surface area contributed by atoms with Gasteiger partial charge in [-0.15, -0.1) is 0 Å². The van der Waals surface area contributed by atoms with Gasteiger partial charge in [0.1, 0.15) is 5.75 Å². The number of carbonyl (C=O) groups excluding carboxylic acids is 2. The van der Waals surface area contributed by atoms with Crippen molar-refractivity contribution >= 4 is 17.5 Å². The van der Waals surface area contributed by atoms with Gasteiger partial charge >= 0.3 is 0 Å². The summed E-state index contributed by atoms with van der Waals surface area (Å²) in [5.74, 6) is 0.895. The maximum absolute atomic E-state index is 13.7. The van der Waals surface area contributed by atoms with Crippen LogP contribution in [0.3, 0.4) is 0 Å². The Kier molecular flexibility index (Phi) is 15.2. The normalized spacial score (nSPS) is 16.8. The Morgan fingerprint density at radius 3 is 2.36 bits per heavy atom. The van der Waals surface area contributed by atoms with E-state index in [2.05, 4.69) is 52.7 Å². The quantitative estimate of drug-likeness (QED) is 0.0747. The molecule has 3 N–H and O–H groups in total. The average molecular weight is 767 g/mol. The molecule has 2 aliphatic rings. The zero-order valence-electron chi connectivity index (χ0n) is 32.2. The second kappa shape index (κ2) is 20.9. The topological polar surface area (TPSA) is 133 Å². The van der Waals surface area contributed by atoms with Crippen LogP contribution in [0.4, 0.5) is 5.69 Å². The molecule has 2 heterocycles. The van der Waals surface area contributed by atoms with E-state index in [0.29, 0.717) is 46.1 Å². The van der Waals surface area contributed by atoms with Crippen molar-refractivity contribution in [1.82, 2.24) is 15.6 Å². The molecule has 2 atom stereocenters. The van der Waals surface area contributed by atoms with Crippen LogP contribution in [-0.2, 0) is 56.6 Å². The van der Waals surface area contributed by atoms with Gasteiger partial charge in [-0.05, 0) is 70.8 Å². The molecule has 1 saturated heterocycles. The molecule has 0 saturated carbocycles. The first-order valence-electron chi connectivity index (χ1n) is 19.5. The van der Waals surface area contributed by atoms with Gasteiger partial charge < -0.3 is 29.3 Å². The molecule has 56 heavy (non-hydrogen) atoms. The van der Waals surface area contributed by atoms with E-state index in [0.717, 1.165) is 72.3 Å². The fourth-order valence-electron chi connectivity index (χ4n) is 7.38. The van der Waals surface area contributed by atoms with Gasteiger partial charge in [0.05, 0.1) is 50.9 Å². The number of ether oxygens (including phenoxy) is 3. The monoisotopic (exact) mass is 766 g/mol. The van der Waals surface area contributed by atoms with Crippen LogP contribution in [0, 0.1) is 0 Å². The Morgan fingerprint density at radius 1 is 0.839 bits per heavy atom. The number of piperidine rings is 1. The minimum Gasteiger partial charge on any atom is -0.494 e. The summed E-state index contributed by atoms with van der Waals surface area (Å²) < 4.78 is 18.6. The number of amides is 2. The van der Waals surface area contributed by atoms with Crippen molar-refractivity contribution in [3.8, 4) is 5.75 Å². The van der Waals surface area contributed by atoms with Gasteiger partial charge in [0, 0.05) is 57.7 Å². The lowest BCUT2D eigenvalue weighted by Gasteiger charge is -2.39. The lowest BCUT2D eigenvalue weighted by atomic mass is 9.86. The number of benzene rings is 4. The first kappa shape index (κ1) is 40.8. The van der Waals surface area contributed by atoms with Crippen molar-refractivity contribution in [1.29, 1.82) is 0 Å². The number of nitrogens with zero attached hydrogens (tertiary/aromatic N) is 3. The van der Waals surface area contributed by atoms with Crippen LogP contribution in [0.5, 0.6) is 5.75 Å². The molecule has 298 valence electrons. The lowest BCUT2D eigenvalue weighted by molar-refractivity contribution is -0.497. The Bertz CT molecular complexity index is 1820. The summed E-state index contributed by atoms with van der Waals surface area (Å²) in [7, 11) is 0. The van der Waals surface area contributed by atoms with Crippen LogP contribution in [0.15, 0.2) is 97.1 Å². The number of hydrogen-bond acceptors (Lipinski definition) is 10. The van der Waals surface area contributed by atoms with Crippen molar-refractivity contribution < 1.29 is 39.1 Å². The molecule has 1 fully saturated rings. The van der Waals surface area contributed by atoms with E-state index < -0.39 is 0 Å². The van der Waals surface area contributed by atoms with Crippen LogP contribution in [-0.4, -0.2) is 84.6 Å². The van der Waals surface area contributed by atoms with E-state index >= 15 is 0 Å². The highest BCUT2D eigenvalue weighted by atomic mass is 17.1. The number of fused-ring (bicyclic) bond motifs is 1. The molecule has 2 unspecified atom stereocenters. The van der Waals surface area contributed by atoms with E-state index in [1.807, 2.05) is 47.4 Å². The number of nitrogens with one attached hydrogen (secondary N) is 1. The molecule has 0 aliphatic carbocycles. The average Bonchev–Trinajstić information content (AvgIpc) is 3.21. The minimum absolute atomic E-state index is 0.00958. The second-order valence-electron chi connectivity index (χ2n) is 14.4. The van der Waals surface area contributed by atoms with Gasteiger partial charge in [-0.1, -0.05) is 78.9 Å². The van der Waals surface area contributed by atoms with Gasteiger partial charge in [-0.2, -0.15) is 0 Å². The number of anilines is 1. The molecule has 4 aromatic rings. The zero-order chi connectivity index (χ0) is 39.1. The zero-order valence-corrected chi connectivity index (χ0v) is 32.2. The van der Waals surface area contributed by atoms with E-state index in [-0.39, 0.29) is 42.3 Å². The molecular formula is C44H54N4O8. The van der Waals surface area contributed by atoms with Crippen molar-refractivity contribution in [3.63, 3.8) is 0 Å². The van der Waals surface area contributed by atoms with E-state index in [1.165, 1.54) is 11.3 Å². The number of hydrogen-bond donors (Lipinski definition) is 3. The molecule has 12 heteroatoms. The molecule has 0 radical (unpaired) electrons. The maximum Gasteiger partial charge on any atom is 0.227 e. The maximum atomic E-state index is 13.7. The molecule has 0 bridgehead atoms. The fourth-order valence-corrected chi connectivity index (χ4v) is 7.38. The van der Waals surface area contributed by atoms with Crippen LogP contribution >= 0.6 is 0 Å². The Labute approximate surface area is 329 Å². The summed E-state index contributed by atoms with van der Waals surface area (Å²) in [5, 5.41) is 20.3. The van der Waals surface area contributed by atoms with Crippen LogP contribution < -0.4 is 15.0 Å². The molecule has 6 rings (SSSR count). The predicted molar refractivity (Wildman–Crippen MR) is 211 cm³/mol. The molecule has 0 aromatic heterocycles. The number of carbonyl (C=O) groups is 2. The summed E-state index contributed by atoms with van der Waals surface area (Å²) in [5.41, 5.74) is 7.48. The number of aryl methyl sites for hydroxylation is 1. The van der Waals surface area contributed by atoms with Crippen molar-refractivity contribution in [3.05, 3.63) is 130 Å². The summed E-state index contributed by atoms with van der Waals surface area (Å²) in [6, 6.07) is 32.3. The van der Waals surface area contributed by atoms with Gasteiger partial charge in [-0.25, -0.2) is 4.84 Å². The first-order chi connectivity index (χ1) is 27.3. The number of rotatable bonds is 19. The lowest BCUT2D eigenvalue weighted by Crippen LogP contribution is -2.47. The summed E-state index contributed by atoms with van der Waals surface area (Å²) in [6.07, 6.45) is 3.66. The largest absolute Gasteiger partial charge is 0.494 e. The number of likely N-dealkylation sites (tertiary alicyclic amines) is 1. The first-order valence-corrected chi connectivity index (χ1v) is 19.5. The third-order valence-corrected chi connectivity index (χ3v) is 10.3. The smallest absolute Gasteiger partial charge is 0.227 e. The van der Waals surface area contributed by atoms with E-state index in [9.17, 15) is 9.59 Å². The molecule has 0 spiro atoms. The van der Waals surface area contributed by atoms with Gasteiger partial charge in [0.15, 0.2) is 0 Å². The van der Waals surface area contributed by atoms with Crippen LogP contribution in [0.1, 0.15) is 65.5 Å². The molecular weight excluding hydrogens is 713 g/mol. The third-order valence-electron chi connectivity index (χ3n) is 10.3. The summed E-state index contributed by atoms with van der Waals surface area (Å²) >= 11 is 0. The SMILES string of the molecule is CC(=O)NCCN1CCCc2ccc(COC3CN(C(=O)Cc4ccc(CON(O)O)cc4)CCC3c3ccc(OCCCOCc4ccccc4)cc3)cc21. The highest BCUT2D eigenvalue weighted by molar-refractivity contribution is 5.79. The molecule has 2 aliphatic heterocycles. The van der Waals surface area contributed by atoms with Crippen molar-refractivity contribution in [2.75, 3.05) is 50.8 Å². The highest BCUT2D eigenvalue weighted by Crippen LogP contribution is 2.34. The van der Waals surface area contributed by atoms with Gasteiger partial charge in [0.2, 0.25) is 11.8 Å². The molecule has 2 amide bonds. The molecule has 12 nitrogen and oxygen atoms in total. The minimum atomic E-state index is -0.315. The molecule has 4 aromatic carbocycles. The standard InChI is InChI=1S/C44H54N4O8/c1-33(49)45-21-24-46-22-5-9-39-15-14-37(27-42(39)46)31-55-43-29-47(44(50)28-34-10-12-36(13-11-34)32-56-48(51)52)23-20-41(43)38-16-18-40(19-17-38)54-26-6-25-53-30-35-7-3-2-4-8-35/h2-4,7-8,10-19,27,41,43,51-52H,5-6,9,20-26,28-32H2,1H3,(H,45,49). The van der Waals surface area contributed by atoms with Crippen LogP contribution in [0.2, 0.25) is 0 Å².